The monoisotopic (exact) mass is 362 g/mol. The Morgan fingerprint density at radius 3 is 1.64 bits per heavy atom. The minimum atomic E-state index is 1.16. The summed E-state index contributed by atoms with van der Waals surface area (Å²) in [4.78, 5) is 0. The van der Waals surface area contributed by atoms with Gasteiger partial charge in [0.05, 0.1) is 0 Å². The van der Waals surface area contributed by atoms with Crippen molar-refractivity contribution in [1.29, 1.82) is 0 Å². The van der Waals surface area contributed by atoms with E-state index in [4.69, 9.17) is 0 Å². The molecule has 0 spiro atoms. The van der Waals surface area contributed by atoms with Gasteiger partial charge in [0.1, 0.15) is 0 Å². The summed E-state index contributed by atoms with van der Waals surface area (Å²) in [6.45, 7) is 4.56. The first kappa shape index (κ1) is 17.3. The van der Waals surface area contributed by atoms with Gasteiger partial charge in [-0.15, -0.1) is 0 Å². The molecule has 0 N–H and O–H groups in total. The summed E-state index contributed by atoms with van der Waals surface area (Å²) in [7, 11) is 0. The second-order valence-corrected chi connectivity index (χ2v) is 8.02. The molecule has 5 aromatic rings. The molecule has 0 bridgehead atoms. The van der Waals surface area contributed by atoms with Crippen LogP contribution in [0.1, 0.15) is 37.8 Å². The summed E-state index contributed by atoms with van der Waals surface area (Å²) in [6, 6.07) is 27.5. The second kappa shape index (κ2) is 6.95. The Morgan fingerprint density at radius 2 is 1.04 bits per heavy atom. The molecule has 0 heteroatoms. The molecule has 0 aliphatic carbocycles. The molecule has 0 heterocycles. The molecule has 0 saturated carbocycles. The molecular weight excluding hydrogens is 336 g/mol. The van der Waals surface area contributed by atoms with Crippen molar-refractivity contribution >= 4 is 43.1 Å². The Balaban J connectivity index is 1.81. The van der Waals surface area contributed by atoms with Crippen LogP contribution in [0.15, 0.2) is 72.8 Å². The van der Waals surface area contributed by atoms with E-state index in [2.05, 4.69) is 86.6 Å². The van der Waals surface area contributed by atoms with Gasteiger partial charge < -0.3 is 0 Å². The maximum Gasteiger partial charge on any atom is -0.0143 e. The minimum Gasteiger partial charge on any atom is -0.0651 e. The third kappa shape index (κ3) is 2.85. The summed E-state index contributed by atoms with van der Waals surface area (Å²) in [6.07, 6.45) is 4.73. The predicted octanol–water partition coefficient (Wildman–Crippen LogP) is 8.20. The van der Waals surface area contributed by atoms with Crippen LogP contribution < -0.4 is 0 Å². The lowest BCUT2D eigenvalue weighted by atomic mass is 9.91. The van der Waals surface area contributed by atoms with E-state index in [-0.39, 0.29) is 0 Å². The normalized spacial score (nSPS) is 11.8. The quantitative estimate of drug-likeness (QED) is 0.283. The molecule has 0 atom stereocenters. The van der Waals surface area contributed by atoms with Crippen LogP contribution in [0.3, 0.4) is 0 Å². The van der Waals surface area contributed by atoms with Crippen LogP contribution in [0.5, 0.6) is 0 Å². The van der Waals surface area contributed by atoms with Crippen molar-refractivity contribution in [3.8, 4) is 0 Å². The summed E-state index contributed by atoms with van der Waals surface area (Å²) in [5.41, 5.74) is 3.09. The van der Waals surface area contributed by atoms with Gasteiger partial charge in [0, 0.05) is 0 Å². The highest BCUT2D eigenvalue weighted by Crippen LogP contribution is 2.33. The molecule has 138 valence electrons. The second-order valence-electron chi connectivity index (χ2n) is 8.02. The highest BCUT2D eigenvalue weighted by molar-refractivity contribution is 6.08. The van der Waals surface area contributed by atoms with Gasteiger partial charge in [-0.2, -0.15) is 0 Å². The van der Waals surface area contributed by atoms with E-state index in [0.29, 0.717) is 0 Å². The lowest BCUT2D eigenvalue weighted by Crippen LogP contribution is -1.96. The van der Waals surface area contributed by atoms with Gasteiger partial charge in [0.2, 0.25) is 0 Å². The first-order valence-electron chi connectivity index (χ1n) is 10.6. The van der Waals surface area contributed by atoms with Crippen molar-refractivity contribution in [2.24, 2.45) is 0 Å². The number of aryl methyl sites for hydroxylation is 2. The van der Waals surface area contributed by atoms with Gasteiger partial charge in [-0.05, 0) is 103 Å². The van der Waals surface area contributed by atoms with Crippen molar-refractivity contribution in [1.82, 2.24) is 0 Å². The van der Waals surface area contributed by atoms with Gasteiger partial charge in [0.25, 0.3) is 0 Å². The number of hydrogen-bond acceptors (Lipinski definition) is 0. The van der Waals surface area contributed by atoms with E-state index in [1.165, 1.54) is 67.9 Å². The van der Waals surface area contributed by atoms with Crippen molar-refractivity contribution in [3.05, 3.63) is 83.9 Å². The summed E-state index contributed by atoms with van der Waals surface area (Å²) in [5.74, 6) is 0. The molecule has 0 nitrogen and oxygen atoms in total. The van der Waals surface area contributed by atoms with Crippen LogP contribution >= 0.6 is 0 Å². The fourth-order valence-corrected chi connectivity index (χ4v) is 4.67. The Morgan fingerprint density at radius 1 is 0.500 bits per heavy atom. The van der Waals surface area contributed by atoms with Crippen LogP contribution in [0.2, 0.25) is 0 Å². The van der Waals surface area contributed by atoms with Gasteiger partial charge in [0.15, 0.2) is 0 Å². The van der Waals surface area contributed by atoms with Crippen LogP contribution in [-0.4, -0.2) is 0 Å². The third-order valence-corrected chi connectivity index (χ3v) is 6.02. The largest absolute Gasteiger partial charge is 0.0651 e. The van der Waals surface area contributed by atoms with Gasteiger partial charge >= 0.3 is 0 Å². The van der Waals surface area contributed by atoms with E-state index in [1.54, 1.807) is 5.56 Å². The Kier molecular flexibility index (Phi) is 4.28. The average Bonchev–Trinajstić information content (AvgIpc) is 2.71. The molecule has 0 aliphatic heterocycles. The molecule has 0 fully saturated rings. The topological polar surface area (TPSA) is 0 Å². The van der Waals surface area contributed by atoms with E-state index < -0.39 is 0 Å². The molecular formula is C28H26. The SMILES string of the molecule is CCCc1ccc2cc3cc4cc5ccccc5cc4cc3cc2c1CCC. The highest BCUT2D eigenvalue weighted by atomic mass is 14.1. The molecule has 0 unspecified atom stereocenters. The third-order valence-electron chi connectivity index (χ3n) is 6.02. The van der Waals surface area contributed by atoms with Crippen LogP contribution in [0.25, 0.3) is 43.1 Å². The Hall–Kier alpha value is -2.86. The molecule has 0 amide bonds. The maximum absolute atomic E-state index is 2.43. The van der Waals surface area contributed by atoms with Crippen LogP contribution in [-0.2, 0) is 12.8 Å². The molecule has 0 saturated heterocycles. The smallest absolute Gasteiger partial charge is 0.0143 e. The zero-order valence-electron chi connectivity index (χ0n) is 16.8. The summed E-state index contributed by atoms with van der Waals surface area (Å²) in [5, 5.41) is 10.8. The van der Waals surface area contributed by atoms with Crippen molar-refractivity contribution in [2.75, 3.05) is 0 Å². The standard InChI is InChI=1S/C28H26/c1-3-7-19-11-12-22-15-25-16-23-13-20-9-5-6-10-21(20)14-24(23)17-26(25)18-28(22)27(19)8-4-2/h5-6,9-18H,3-4,7-8H2,1-2H3. The molecule has 5 rings (SSSR count). The van der Waals surface area contributed by atoms with E-state index in [9.17, 15) is 0 Å². The Labute approximate surface area is 166 Å². The molecule has 5 aromatic carbocycles. The zero-order chi connectivity index (χ0) is 19.1. The number of fused-ring (bicyclic) bond motifs is 4. The zero-order valence-corrected chi connectivity index (χ0v) is 16.8. The lowest BCUT2D eigenvalue weighted by molar-refractivity contribution is 0.868. The molecule has 0 aliphatic rings. The maximum atomic E-state index is 2.43. The van der Waals surface area contributed by atoms with Gasteiger partial charge in [-0.3, -0.25) is 0 Å². The molecule has 28 heavy (non-hydrogen) atoms. The highest BCUT2D eigenvalue weighted by Gasteiger charge is 2.09. The predicted molar refractivity (Wildman–Crippen MR) is 124 cm³/mol. The summed E-state index contributed by atoms with van der Waals surface area (Å²) >= 11 is 0. The van der Waals surface area contributed by atoms with Crippen molar-refractivity contribution in [3.63, 3.8) is 0 Å². The van der Waals surface area contributed by atoms with Gasteiger partial charge in [-0.25, -0.2) is 0 Å². The first-order valence-corrected chi connectivity index (χ1v) is 10.6. The molecule has 0 aromatic heterocycles. The number of hydrogen-bond donors (Lipinski definition) is 0. The van der Waals surface area contributed by atoms with Crippen molar-refractivity contribution in [2.45, 2.75) is 39.5 Å². The Bertz CT molecular complexity index is 1320. The average molecular weight is 363 g/mol. The first-order chi connectivity index (χ1) is 13.8. The van der Waals surface area contributed by atoms with E-state index >= 15 is 0 Å². The van der Waals surface area contributed by atoms with E-state index in [0.717, 1.165) is 6.42 Å². The van der Waals surface area contributed by atoms with Crippen LogP contribution in [0, 0.1) is 0 Å². The number of rotatable bonds is 4. The fraction of sp³-hybridized carbons (Fsp3) is 0.214. The van der Waals surface area contributed by atoms with E-state index in [1.807, 2.05) is 0 Å². The van der Waals surface area contributed by atoms with Crippen LogP contribution in [0.4, 0.5) is 0 Å². The van der Waals surface area contributed by atoms with Gasteiger partial charge in [-0.1, -0.05) is 63.1 Å². The molecule has 0 radical (unpaired) electrons. The summed E-state index contributed by atoms with van der Waals surface area (Å²) < 4.78 is 0. The fourth-order valence-electron chi connectivity index (χ4n) is 4.67. The lowest BCUT2D eigenvalue weighted by Gasteiger charge is -2.14. The minimum absolute atomic E-state index is 1.16. The van der Waals surface area contributed by atoms with Crippen molar-refractivity contribution < 1.29 is 0 Å². The number of benzene rings is 5.